The van der Waals surface area contributed by atoms with Crippen LogP contribution in [0.4, 0.5) is 0 Å². The maximum Gasteiger partial charge on any atom is 0.275 e. The van der Waals surface area contributed by atoms with Crippen molar-refractivity contribution in [2.24, 2.45) is 0 Å². The molecule has 0 bridgehead atoms. The molecule has 1 rings (SSSR count). The topological polar surface area (TPSA) is 34.9 Å². The number of hydrogen-bond donors (Lipinski definition) is 0. The van der Waals surface area contributed by atoms with E-state index >= 15 is 0 Å². The van der Waals surface area contributed by atoms with Crippen molar-refractivity contribution in [3.8, 4) is 0 Å². The summed E-state index contributed by atoms with van der Waals surface area (Å²) in [4.78, 5) is 14.2. The number of thiocarbonyl (C=S) groups is 1. The van der Waals surface area contributed by atoms with E-state index in [0.717, 1.165) is 0 Å². The highest BCUT2D eigenvalue weighted by Crippen LogP contribution is 1.82. The number of carbonyl (C=O) groups is 1. The summed E-state index contributed by atoms with van der Waals surface area (Å²) >= 11 is 4.27. The second-order valence-corrected chi connectivity index (χ2v) is 1.58. The molecule has 0 saturated heterocycles. The van der Waals surface area contributed by atoms with Crippen molar-refractivity contribution >= 4 is 23.5 Å². The van der Waals surface area contributed by atoms with Gasteiger partial charge in [-0.05, 0) is 0 Å². The van der Waals surface area contributed by atoms with Crippen molar-refractivity contribution in [2.45, 2.75) is 0 Å². The van der Waals surface area contributed by atoms with Gasteiger partial charge < -0.3 is 0 Å². The Hall–Kier alpha value is -1.03. The number of aromatic nitrogens is 2. The van der Waals surface area contributed by atoms with Crippen LogP contribution in [0, 0.1) is 0 Å². The minimum atomic E-state index is -0.359. The van der Waals surface area contributed by atoms with Gasteiger partial charge in [0.15, 0.2) is 0 Å². The molecule has 0 amide bonds. The first-order valence-electron chi connectivity index (χ1n) is 2.25. The summed E-state index contributed by atoms with van der Waals surface area (Å²) < 4.78 is 1.26. The molecule has 0 fully saturated rings. The van der Waals surface area contributed by atoms with E-state index in [1.54, 1.807) is 0 Å². The van der Waals surface area contributed by atoms with Gasteiger partial charge in [0.25, 0.3) is 5.91 Å². The van der Waals surface area contributed by atoms with Crippen LogP contribution in [-0.4, -0.2) is 20.8 Å². The van der Waals surface area contributed by atoms with Gasteiger partial charge in [0.1, 0.15) is 11.7 Å². The van der Waals surface area contributed by atoms with Gasteiger partial charge >= 0.3 is 0 Å². The van der Waals surface area contributed by atoms with Crippen LogP contribution in [-0.2, 0) is 0 Å². The lowest BCUT2D eigenvalue weighted by Gasteiger charge is -1.87. The average Bonchev–Trinajstić information content (AvgIpc) is 2.37. The van der Waals surface area contributed by atoms with E-state index in [9.17, 15) is 4.79 Å². The zero-order valence-electron chi connectivity index (χ0n) is 4.44. The molecule has 0 unspecified atom stereocenters. The molecule has 1 heterocycles. The summed E-state index contributed by atoms with van der Waals surface area (Å²) in [5.74, 6) is -0.359. The van der Waals surface area contributed by atoms with Crippen LogP contribution in [0.25, 0.3) is 0 Å². The van der Waals surface area contributed by atoms with Gasteiger partial charge in [-0.15, -0.1) is 0 Å². The lowest BCUT2D eigenvalue weighted by Crippen LogP contribution is -2.07. The van der Waals surface area contributed by atoms with Crippen LogP contribution >= 0.6 is 12.2 Å². The molecule has 0 aliphatic heterocycles. The fourth-order valence-electron chi connectivity index (χ4n) is 0.432. The Bertz CT molecular complexity index is 217. The van der Waals surface area contributed by atoms with E-state index in [-0.39, 0.29) is 5.91 Å². The number of hydrogen-bond acceptors (Lipinski definition) is 3. The Morgan fingerprint density at radius 2 is 2.56 bits per heavy atom. The van der Waals surface area contributed by atoms with Gasteiger partial charge in [0, 0.05) is 12.4 Å². The van der Waals surface area contributed by atoms with E-state index in [4.69, 9.17) is 0 Å². The summed E-state index contributed by atoms with van der Waals surface area (Å²) in [5.41, 5.74) is 0. The molecule has 1 aromatic heterocycles. The van der Waals surface area contributed by atoms with Crippen molar-refractivity contribution in [3.63, 3.8) is 0 Å². The predicted octanol–water partition coefficient (Wildman–Crippen LogP) is 0.400. The van der Waals surface area contributed by atoms with Crippen LogP contribution in [0.3, 0.4) is 0 Å². The summed E-state index contributed by atoms with van der Waals surface area (Å²) in [6.07, 6.45) is 4.40. The molecular weight excluding hydrogens is 136 g/mol. The molecule has 0 N–H and O–H groups in total. The molecule has 1 aromatic rings. The molecule has 0 aromatic carbocycles. The van der Waals surface area contributed by atoms with Crippen molar-refractivity contribution in [2.75, 3.05) is 0 Å². The average molecular weight is 139 g/mol. The van der Waals surface area contributed by atoms with Gasteiger partial charge in [0.05, 0.1) is 0 Å². The SMILES string of the molecule is O=C([C]=S)n1ccnc1. The summed E-state index contributed by atoms with van der Waals surface area (Å²) in [5, 5.41) is 2.03. The largest absolute Gasteiger partial charge is 0.275 e. The van der Waals surface area contributed by atoms with Crippen LogP contribution in [0.1, 0.15) is 4.79 Å². The zero-order valence-corrected chi connectivity index (χ0v) is 5.26. The van der Waals surface area contributed by atoms with Crippen molar-refractivity contribution in [1.82, 2.24) is 9.55 Å². The lowest BCUT2D eigenvalue weighted by molar-refractivity contribution is 0.0998. The third-order valence-electron chi connectivity index (χ3n) is 0.826. The molecule has 0 aliphatic rings. The Balaban J connectivity index is 2.89. The van der Waals surface area contributed by atoms with E-state index in [0.29, 0.717) is 0 Å². The van der Waals surface area contributed by atoms with Gasteiger partial charge in [0.2, 0.25) is 0 Å². The van der Waals surface area contributed by atoms with Crippen molar-refractivity contribution < 1.29 is 4.79 Å². The van der Waals surface area contributed by atoms with E-state index < -0.39 is 0 Å². The number of imidazole rings is 1. The fourth-order valence-corrected chi connectivity index (χ4v) is 0.537. The Morgan fingerprint density at radius 1 is 1.78 bits per heavy atom. The zero-order chi connectivity index (χ0) is 6.69. The molecule has 4 heteroatoms. The maximum absolute atomic E-state index is 10.6. The smallest absolute Gasteiger partial charge is 0.271 e. The van der Waals surface area contributed by atoms with E-state index in [1.165, 1.54) is 23.3 Å². The Morgan fingerprint density at radius 3 is 3.00 bits per heavy atom. The summed E-state index contributed by atoms with van der Waals surface area (Å²) in [7, 11) is 0. The highest BCUT2D eigenvalue weighted by Gasteiger charge is 1.95. The summed E-state index contributed by atoms with van der Waals surface area (Å²) in [6.45, 7) is 0. The third kappa shape index (κ3) is 1.20. The van der Waals surface area contributed by atoms with Crippen LogP contribution < -0.4 is 0 Å². The first-order chi connectivity index (χ1) is 4.34. The van der Waals surface area contributed by atoms with Gasteiger partial charge in [-0.3, -0.25) is 9.36 Å². The van der Waals surface area contributed by atoms with Gasteiger partial charge in [-0.2, -0.15) is 0 Å². The fraction of sp³-hybridized carbons (Fsp3) is 0. The normalized spacial score (nSPS) is 8.89. The van der Waals surface area contributed by atoms with Gasteiger partial charge in [-0.25, -0.2) is 4.98 Å². The maximum atomic E-state index is 10.6. The van der Waals surface area contributed by atoms with Crippen molar-refractivity contribution in [3.05, 3.63) is 18.7 Å². The second-order valence-electron chi connectivity index (χ2n) is 1.38. The highest BCUT2D eigenvalue weighted by molar-refractivity contribution is 7.80. The first kappa shape index (κ1) is 6.10. The predicted molar refractivity (Wildman–Crippen MR) is 35.5 cm³/mol. The lowest BCUT2D eigenvalue weighted by atomic mass is 10.7. The molecule has 3 nitrogen and oxygen atoms in total. The number of nitrogens with zero attached hydrogens (tertiary/aromatic N) is 2. The standard InChI is InChI=1S/C5H3N2OS/c8-5(3-9)7-2-1-6-4-7/h1-2,4H. The molecule has 9 heavy (non-hydrogen) atoms. The minimum Gasteiger partial charge on any atom is -0.271 e. The van der Waals surface area contributed by atoms with Crippen LogP contribution in [0.2, 0.25) is 0 Å². The Kier molecular flexibility index (Phi) is 1.69. The van der Waals surface area contributed by atoms with E-state index in [2.05, 4.69) is 17.2 Å². The second kappa shape index (κ2) is 2.50. The first-order valence-corrected chi connectivity index (χ1v) is 2.66. The molecule has 0 saturated carbocycles. The van der Waals surface area contributed by atoms with E-state index in [1.807, 2.05) is 5.37 Å². The monoisotopic (exact) mass is 139 g/mol. The molecule has 0 atom stereocenters. The third-order valence-corrected chi connectivity index (χ3v) is 1.00. The molecule has 1 radical (unpaired) electrons. The van der Waals surface area contributed by atoms with Crippen LogP contribution in [0.5, 0.6) is 0 Å². The highest BCUT2D eigenvalue weighted by atomic mass is 32.1. The van der Waals surface area contributed by atoms with Crippen LogP contribution in [0.15, 0.2) is 18.7 Å². The van der Waals surface area contributed by atoms with Crippen molar-refractivity contribution in [1.29, 1.82) is 0 Å². The van der Waals surface area contributed by atoms with Gasteiger partial charge in [-0.1, -0.05) is 12.2 Å². The molecular formula is C5H3N2OS. The molecule has 45 valence electrons. The minimum absolute atomic E-state index is 0.359. The quantitative estimate of drug-likeness (QED) is 0.528. The Labute approximate surface area is 57.3 Å². The number of carbonyl (C=O) groups excluding carboxylic acids is 1. The number of rotatable bonds is 1. The molecule has 0 aliphatic carbocycles. The summed E-state index contributed by atoms with van der Waals surface area (Å²) in [6, 6.07) is 0. The molecule has 0 spiro atoms.